The molecule has 1 atom stereocenters. The fraction of sp³-hybridized carbons (Fsp3) is 0.440. The van der Waals surface area contributed by atoms with E-state index in [4.69, 9.17) is 0 Å². The molecule has 2 saturated heterocycles. The van der Waals surface area contributed by atoms with Gasteiger partial charge in [-0.15, -0.1) is 0 Å². The molecule has 170 valence electrons. The van der Waals surface area contributed by atoms with E-state index in [9.17, 15) is 14.0 Å². The number of anilines is 2. The Kier molecular flexibility index (Phi) is 6.93. The van der Waals surface area contributed by atoms with Crippen LogP contribution in [0.3, 0.4) is 0 Å². The van der Waals surface area contributed by atoms with E-state index >= 15 is 0 Å². The first-order valence-electron chi connectivity index (χ1n) is 11.4. The van der Waals surface area contributed by atoms with Crippen LogP contribution < -0.4 is 15.5 Å². The van der Waals surface area contributed by atoms with Crippen LogP contribution in [0.4, 0.5) is 20.6 Å². The summed E-state index contributed by atoms with van der Waals surface area (Å²) < 4.78 is 13.6. The summed E-state index contributed by atoms with van der Waals surface area (Å²) in [7, 11) is 0. The Morgan fingerprint density at radius 1 is 1.00 bits per heavy atom. The van der Waals surface area contributed by atoms with Gasteiger partial charge < -0.3 is 20.4 Å². The fourth-order valence-corrected chi connectivity index (χ4v) is 4.59. The summed E-state index contributed by atoms with van der Waals surface area (Å²) in [5.74, 6) is -0.260. The number of hydrogen-bond acceptors (Lipinski definition) is 3. The van der Waals surface area contributed by atoms with Crippen LogP contribution in [-0.4, -0.2) is 49.1 Å². The summed E-state index contributed by atoms with van der Waals surface area (Å²) in [6.45, 7) is 4.67. The molecule has 0 radical (unpaired) electrons. The maximum atomic E-state index is 13.6. The Morgan fingerprint density at radius 3 is 2.53 bits per heavy atom. The van der Waals surface area contributed by atoms with E-state index in [2.05, 4.69) is 15.5 Å². The molecule has 4 rings (SSSR count). The zero-order valence-corrected chi connectivity index (χ0v) is 18.5. The molecule has 7 heteroatoms. The van der Waals surface area contributed by atoms with Crippen LogP contribution in [0.5, 0.6) is 0 Å². The first-order chi connectivity index (χ1) is 15.5. The highest BCUT2D eigenvalue weighted by Crippen LogP contribution is 2.23. The minimum absolute atomic E-state index is 0.0576. The standard InChI is InChI=1S/C25H31FN4O2/c1-18-5-2-7-21(15-18)28-25(32)29-13-10-19(11-14-29)24(31)27-22-8-4-12-30(17-22)23-9-3-6-20(26)16-23/h2-3,5-7,9,15-16,19,22H,4,8,10-14,17H2,1H3,(H,27,31)(H,28,32). The molecule has 0 bridgehead atoms. The topological polar surface area (TPSA) is 64.7 Å². The van der Waals surface area contributed by atoms with E-state index in [1.54, 1.807) is 17.0 Å². The summed E-state index contributed by atoms with van der Waals surface area (Å²) in [6, 6.07) is 14.3. The van der Waals surface area contributed by atoms with Crippen molar-refractivity contribution in [2.75, 3.05) is 36.4 Å². The van der Waals surface area contributed by atoms with Crippen molar-refractivity contribution >= 4 is 23.3 Å². The van der Waals surface area contributed by atoms with Gasteiger partial charge in [-0.3, -0.25) is 4.79 Å². The first-order valence-corrected chi connectivity index (χ1v) is 11.4. The van der Waals surface area contributed by atoms with Crippen LogP contribution in [0, 0.1) is 18.7 Å². The lowest BCUT2D eigenvalue weighted by Gasteiger charge is -2.36. The molecule has 2 heterocycles. The van der Waals surface area contributed by atoms with Crippen LogP contribution in [0.15, 0.2) is 48.5 Å². The lowest BCUT2D eigenvalue weighted by molar-refractivity contribution is -0.127. The molecule has 32 heavy (non-hydrogen) atoms. The zero-order valence-electron chi connectivity index (χ0n) is 18.5. The molecule has 2 aliphatic rings. The number of aryl methyl sites for hydroxylation is 1. The summed E-state index contributed by atoms with van der Waals surface area (Å²) in [4.78, 5) is 29.3. The molecule has 0 aliphatic carbocycles. The third-order valence-corrected chi connectivity index (χ3v) is 6.36. The lowest BCUT2D eigenvalue weighted by Crippen LogP contribution is -2.51. The highest BCUT2D eigenvalue weighted by atomic mass is 19.1. The van der Waals surface area contributed by atoms with Crippen LogP contribution in [0.1, 0.15) is 31.2 Å². The number of carbonyl (C=O) groups excluding carboxylic acids is 2. The van der Waals surface area contributed by atoms with Crippen LogP contribution in [-0.2, 0) is 4.79 Å². The van der Waals surface area contributed by atoms with Crippen molar-refractivity contribution in [3.05, 3.63) is 59.9 Å². The highest BCUT2D eigenvalue weighted by Gasteiger charge is 2.30. The van der Waals surface area contributed by atoms with E-state index in [-0.39, 0.29) is 29.7 Å². The second kappa shape index (κ2) is 10.0. The van der Waals surface area contributed by atoms with Gasteiger partial charge in [-0.2, -0.15) is 0 Å². The van der Waals surface area contributed by atoms with Crippen molar-refractivity contribution in [1.82, 2.24) is 10.2 Å². The monoisotopic (exact) mass is 438 g/mol. The van der Waals surface area contributed by atoms with E-state index in [1.807, 2.05) is 37.3 Å². The number of likely N-dealkylation sites (tertiary alicyclic amines) is 1. The molecule has 2 aliphatic heterocycles. The van der Waals surface area contributed by atoms with Crippen molar-refractivity contribution in [2.24, 2.45) is 5.92 Å². The Morgan fingerprint density at radius 2 is 1.78 bits per heavy atom. The third-order valence-electron chi connectivity index (χ3n) is 6.36. The normalized spacial score (nSPS) is 19.5. The van der Waals surface area contributed by atoms with Crippen molar-refractivity contribution < 1.29 is 14.0 Å². The molecule has 3 amide bonds. The predicted octanol–water partition coefficient (Wildman–Crippen LogP) is 4.16. The Labute approximate surface area is 188 Å². The van der Waals surface area contributed by atoms with Crippen molar-refractivity contribution in [2.45, 2.75) is 38.6 Å². The SMILES string of the molecule is Cc1cccc(NC(=O)N2CCC(C(=O)NC3CCCN(c4cccc(F)c4)C3)CC2)c1. The van der Waals surface area contributed by atoms with E-state index < -0.39 is 0 Å². The number of nitrogens with one attached hydrogen (secondary N) is 2. The van der Waals surface area contributed by atoms with Crippen molar-refractivity contribution in [1.29, 1.82) is 0 Å². The minimum Gasteiger partial charge on any atom is -0.369 e. The number of carbonyl (C=O) groups is 2. The Balaban J connectivity index is 1.25. The van der Waals surface area contributed by atoms with Gasteiger partial charge in [0.2, 0.25) is 5.91 Å². The maximum Gasteiger partial charge on any atom is 0.321 e. The van der Waals surface area contributed by atoms with Gasteiger partial charge in [0.25, 0.3) is 0 Å². The second-order valence-corrected chi connectivity index (χ2v) is 8.83. The average Bonchev–Trinajstić information content (AvgIpc) is 2.79. The molecule has 0 spiro atoms. The predicted molar refractivity (Wildman–Crippen MR) is 124 cm³/mol. The highest BCUT2D eigenvalue weighted by molar-refractivity contribution is 5.89. The molecule has 2 fully saturated rings. The summed E-state index contributed by atoms with van der Waals surface area (Å²) >= 11 is 0. The smallest absolute Gasteiger partial charge is 0.321 e. The first kappa shape index (κ1) is 22.1. The second-order valence-electron chi connectivity index (χ2n) is 8.83. The van der Waals surface area contributed by atoms with Gasteiger partial charge in [0.1, 0.15) is 5.82 Å². The van der Waals surface area contributed by atoms with Gasteiger partial charge in [-0.05, 0) is 68.5 Å². The van der Waals surface area contributed by atoms with Gasteiger partial charge in [-0.1, -0.05) is 18.2 Å². The minimum atomic E-state index is -0.244. The molecule has 6 nitrogen and oxygen atoms in total. The van der Waals surface area contributed by atoms with Gasteiger partial charge >= 0.3 is 6.03 Å². The van der Waals surface area contributed by atoms with E-state index in [0.717, 1.165) is 36.3 Å². The number of rotatable bonds is 4. The number of halogens is 1. The van der Waals surface area contributed by atoms with Gasteiger partial charge in [-0.25, -0.2) is 9.18 Å². The van der Waals surface area contributed by atoms with Gasteiger partial charge in [0, 0.05) is 49.5 Å². The Bertz CT molecular complexity index is 958. The van der Waals surface area contributed by atoms with Crippen LogP contribution in [0.2, 0.25) is 0 Å². The number of nitrogens with zero attached hydrogens (tertiary/aromatic N) is 2. The maximum absolute atomic E-state index is 13.6. The molecule has 2 aromatic carbocycles. The molecule has 1 unspecified atom stereocenters. The quantitative estimate of drug-likeness (QED) is 0.753. The summed E-state index contributed by atoms with van der Waals surface area (Å²) in [6.07, 6.45) is 3.20. The summed E-state index contributed by atoms with van der Waals surface area (Å²) in [5, 5.41) is 6.14. The number of benzene rings is 2. The number of hydrogen-bond donors (Lipinski definition) is 2. The van der Waals surface area contributed by atoms with E-state index in [0.29, 0.717) is 32.5 Å². The van der Waals surface area contributed by atoms with Crippen LogP contribution in [0.25, 0.3) is 0 Å². The molecule has 0 saturated carbocycles. The van der Waals surface area contributed by atoms with Crippen molar-refractivity contribution in [3.63, 3.8) is 0 Å². The third kappa shape index (κ3) is 5.58. The number of amides is 3. The average molecular weight is 439 g/mol. The molecule has 2 N–H and O–H groups in total. The zero-order chi connectivity index (χ0) is 22.5. The number of piperidine rings is 2. The van der Waals surface area contributed by atoms with E-state index in [1.165, 1.54) is 6.07 Å². The lowest BCUT2D eigenvalue weighted by atomic mass is 9.95. The van der Waals surface area contributed by atoms with Gasteiger partial charge in [0.15, 0.2) is 0 Å². The molecule has 2 aromatic rings. The van der Waals surface area contributed by atoms with Crippen molar-refractivity contribution in [3.8, 4) is 0 Å². The molecule has 0 aromatic heterocycles. The van der Waals surface area contributed by atoms with Crippen LogP contribution >= 0.6 is 0 Å². The van der Waals surface area contributed by atoms with Gasteiger partial charge in [0.05, 0.1) is 0 Å². The largest absolute Gasteiger partial charge is 0.369 e. The number of urea groups is 1. The summed E-state index contributed by atoms with van der Waals surface area (Å²) in [5.41, 5.74) is 2.74. The molecular weight excluding hydrogens is 407 g/mol. The fourth-order valence-electron chi connectivity index (χ4n) is 4.59. The Hall–Kier alpha value is -3.09. The molecular formula is C25H31FN4O2.